The van der Waals surface area contributed by atoms with Crippen LogP contribution in [0.4, 0.5) is 18.2 Å². The fourth-order valence-corrected chi connectivity index (χ4v) is 4.31. The summed E-state index contributed by atoms with van der Waals surface area (Å²) in [6.45, 7) is 2.70. The summed E-state index contributed by atoms with van der Waals surface area (Å²) in [5.74, 6) is 0.461. The monoisotopic (exact) mass is 423 g/mol. The number of anilines is 1. The number of aryl methyl sites for hydroxylation is 1. The molecular weight excluding hydrogens is 407 g/mol. The minimum Gasteiger partial charge on any atom is -0.376 e. The molecule has 1 aliphatic rings. The summed E-state index contributed by atoms with van der Waals surface area (Å²) in [5.41, 5.74) is 1.43. The lowest BCUT2D eigenvalue weighted by Gasteiger charge is -2.12. The largest absolute Gasteiger partial charge is 0.416 e. The van der Waals surface area contributed by atoms with Gasteiger partial charge in [-0.05, 0) is 36.6 Å². The first-order valence-electron chi connectivity index (χ1n) is 8.80. The molecule has 2 aromatic heterocycles. The molecule has 10 heteroatoms. The van der Waals surface area contributed by atoms with Crippen LogP contribution in [0.2, 0.25) is 0 Å². The van der Waals surface area contributed by atoms with E-state index in [1.165, 1.54) is 23.5 Å². The Hall–Kier alpha value is -2.72. The number of nitrogens with zero attached hydrogens (tertiary/aromatic N) is 2. The zero-order chi connectivity index (χ0) is 20.6. The van der Waals surface area contributed by atoms with E-state index < -0.39 is 11.7 Å². The minimum absolute atomic E-state index is 0.0560. The van der Waals surface area contributed by atoms with E-state index in [4.69, 9.17) is 9.26 Å². The van der Waals surface area contributed by atoms with E-state index in [1.54, 1.807) is 6.92 Å². The number of aromatic nitrogens is 2. The molecule has 1 aromatic carbocycles. The lowest BCUT2D eigenvalue weighted by atomic mass is 10.1. The highest BCUT2D eigenvalue weighted by Gasteiger charge is 2.30. The number of nitrogens with one attached hydrogen (secondary N) is 1. The molecule has 0 spiro atoms. The Balaban J connectivity index is 1.56. The second kappa shape index (κ2) is 7.60. The fraction of sp³-hybridized carbons (Fsp3) is 0.316. The van der Waals surface area contributed by atoms with E-state index >= 15 is 0 Å². The molecule has 29 heavy (non-hydrogen) atoms. The SMILES string of the molecule is Cc1noc(-c2c(NC(=O)Cc3ccc(C(F)(F)F)cc3)sc3c2CCOC3)n1. The molecule has 0 unspecified atom stereocenters. The van der Waals surface area contributed by atoms with Crippen molar-refractivity contribution in [2.24, 2.45) is 0 Å². The highest BCUT2D eigenvalue weighted by molar-refractivity contribution is 7.17. The van der Waals surface area contributed by atoms with Gasteiger partial charge in [-0.3, -0.25) is 4.79 Å². The number of hydrogen-bond donors (Lipinski definition) is 1. The molecule has 3 aromatic rings. The number of hydrogen-bond acceptors (Lipinski definition) is 6. The number of carbonyl (C=O) groups is 1. The normalized spacial score (nSPS) is 13.9. The zero-order valence-corrected chi connectivity index (χ0v) is 16.1. The van der Waals surface area contributed by atoms with E-state index in [2.05, 4.69) is 15.5 Å². The van der Waals surface area contributed by atoms with E-state index in [1.807, 2.05) is 0 Å². The van der Waals surface area contributed by atoms with Crippen molar-refractivity contribution in [2.45, 2.75) is 32.5 Å². The Kier molecular flexibility index (Phi) is 5.13. The fourth-order valence-electron chi connectivity index (χ4n) is 3.11. The average molecular weight is 423 g/mol. The predicted octanol–water partition coefficient (Wildman–Crippen LogP) is 4.38. The van der Waals surface area contributed by atoms with Gasteiger partial charge < -0.3 is 14.6 Å². The van der Waals surface area contributed by atoms with Crippen molar-refractivity contribution >= 4 is 22.2 Å². The number of fused-ring (bicyclic) bond motifs is 1. The zero-order valence-electron chi connectivity index (χ0n) is 15.3. The Morgan fingerprint density at radius 1 is 1.28 bits per heavy atom. The Morgan fingerprint density at radius 2 is 2.03 bits per heavy atom. The number of rotatable bonds is 4. The van der Waals surface area contributed by atoms with Gasteiger partial charge in [-0.2, -0.15) is 18.2 Å². The second-order valence-electron chi connectivity index (χ2n) is 6.58. The molecule has 6 nitrogen and oxygen atoms in total. The van der Waals surface area contributed by atoms with Gasteiger partial charge in [0.2, 0.25) is 5.91 Å². The number of alkyl halides is 3. The molecule has 3 heterocycles. The predicted molar refractivity (Wildman–Crippen MR) is 99.5 cm³/mol. The molecule has 0 fully saturated rings. The third-order valence-electron chi connectivity index (χ3n) is 4.46. The molecule has 1 N–H and O–H groups in total. The maximum atomic E-state index is 12.7. The molecular formula is C19H16F3N3O3S. The summed E-state index contributed by atoms with van der Waals surface area (Å²) >= 11 is 1.38. The van der Waals surface area contributed by atoms with Crippen LogP contribution < -0.4 is 5.32 Å². The quantitative estimate of drug-likeness (QED) is 0.674. The summed E-state index contributed by atoms with van der Waals surface area (Å²) in [5, 5.41) is 7.23. The van der Waals surface area contributed by atoms with Gasteiger partial charge in [0.15, 0.2) is 5.82 Å². The molecule has 1 aliphatic heterocycles. The number of thiophene rings is 1. The Bertz CT molecular complexity index is 1040. The van der Waals surface area contributed by atoms with Gasteiger partial charge >= 0.3 is 6.18 Å². The highest BCUT2D eigenvalue weighted by Crippen LogP contribution is 2.42. The maximum absolute atomic E-state index is 12.7. The Labute approximate surface area is 167 Å². The topological polar surface area (TPSA) is 77.2 Å². The summed E-state index contributed by atoms with van der Waals surface area (Å²) in [7, 11) is 0. The first kappa shape index (κ1) is 19.6. The van der Waals surface area contributed by atoms with Crippen LogP contribution in [0.5, 0.6) is 0 Å². The van der Waals surface area contributed by atoms with Crippen molar-refractivity contribution in [1.29, 1.82) is 0 Å². The van der Waals surface area contributed by atoms with E-state index in [-0.39, 0.29) is 12.3 Å². The lowest BCUT2D eigenvalue weighted by molar-refractivity contribution is -0.137. The summed E-state index contributed by atoms with van der Waals surface area (Å²) < 4.78 is 48.8. The smallest absolute Gasteiger partial charge is 0.376 e. The van der Waals surface area contributed by atoms with Crippen molar-refractivity contribution in [3.05, 3.63) is 51.7 Å². The van der Waals surface area contributed by atoms with Crippen LogP contribution in [-0.2, 0) is 35.2 Å². The molecule has 0 bridgehead atoms. The van der Waals surface area contributed by atoms with Crippen LogP contribution in [0.1, 0.15) is 27.4 Å². The van der Waals surface area contributed by atoms with Gasteiger partial charge in [0.25, 0.3) is 5.89 Å². The van der Waals surface area contributed by atoms with Crippen LogP contribution in [0, 0.1) is 6.92 Å². The number of benzene rings is 1. The van der Waals surface area contributed by atoms with Crippen molar-refractivity contribution in [1.82, 2.24) is 10.1 Å². The number of carbonyl (C=O) groups excluding carboxylic acids is 1. The van der Waals surface area contributed by atoms with Crippen molar-refractivity contribution in [3.63, 3.8) is 0 Å². The summed E-state index contributed by atoms with van der Waals surface area (Å²) in [4.78, 5) is 17.8. The molecule has 1 amide bonds. The highest BCUT2D eigenvalue weighted by atomic mass is 32.1. The maximum Gasteiger partial charge on any atom is 0.416 e. The Morgan fingerprint density at radius 3 is 2.69 bits per heavy atom. The molecule has 4 rings (SSSR count). The lowest BCUT2D eigenvalue weighted by Crippen LogP contribution is -2.14. The van der Waals surface area contributed by atoms with Crippen LogP contribution in [0.25, 0.3) is 11.5 Å². The standard InChI is InChI=1S/C19H16F3N3O3S/c1-10-23-17(28-25-10)16-13-6-7-27-9-14(13)29-18(16)24-15(26)8-11-2-4-12(5-3-11)19(20,21)22/h2-5H,6-9H2,1H3,(H,24,26). The van der Waals surface area contributed by atoms with Crippen LogP contribution >= 0.6 is 11.3 Å². The molecule has 0 aliphatic carbocycles. The minimum atomic E-state index is -4.41. The van der Waals surface area contributed by atoms with Gasteiger partial charge in [-0.15, -0.1) is 11.3 Å². The third kappa shape index (κ3) is 4.18. The van der Waals surface area contributed by atoms with E-state index in [0.717, 1.165) is 22.6 Å². The average Bonchev–Trinajstić information content (AvgIpc) is 3.24. The second-order valence-corrected chi connectivity index (χ2v) is 7.68. The number of amides is 1. The molecule has 152 valence electrons. The van der Waals surface area contributed by atoms with Crippen LogP contribution in [0.15, 0.2) is 28.8 Å². The molecule has 0 saturated carbocycles. The summed E-state index contributed by atoms with van der Waals surface area (Å²) in [6.07, 6.45) is -3.80. The third-order valence-corrected chi connectivity index (χ3v) is 5.58. The molecule has 0 atom stereocenters. The van der Waals surface area contributed by atoms with Crippen LogP contribution in [0.3, 0.4) is 0 Å². The van der Waals surface area contributed by atoms with Gasteiger partial charge in [-0.1, -0.05) is 17.3 Å². The van der Waals surface area contributed by atoms with E-state index in [9.17, 15) is 18.0 Å². The van der Waals surface area contributed by atoms with Gasteiger partial charge in [0.1, 0.15) is 5.00 Å². The van der Waals surface area contributed by atoms with Gasteiger partial charge in [-0.25, -0.2) is 0 Å². The summed E-state index contributed by atoms with van der Waals surface area (Å²) in [6, 6.07) is 4.54. The number of halogens is 3. The van der Waals surface area contributed by atoms with Crippen molar-refractivity contribution < 1.29 is 27.2 Å². The number of ether oxygens (including phenoxy) is 1. The van der Waals surface area contributed by atoms with Crippen molar-refractivity contribution in [3.8, 4) is 11.5 Å². The first-order chi connectivity index (χ1) is 13.8. The molecule has 0 radical (unpaired) electrons. The van der Waals surface area contributed by atoms with Crippen molar-refractivity contribution in [2.75, 3.05) is 11.9 Å². The van der Waals surface area contributed by atoms with Gasteiger partial charge in [0.05, 0.1) is 30.8 Å². The van der Waals surface area contributed by atoms with E-state index in [0.29, 0.717) is 47.5 Å². The first-order valence-corrected chi connectivity index (χ1v) is 9.62. The van der Waals surface area contributed by atoms with Gasteiger partial charge in [0, 0.05) is 4.88 Å². The van der Waals surface area contributed by atoms with Crippen LogP contribution in [-0.4, -0.2) is 22.7 Å². The molecule has 0 saturated heterocycles.